The molecule has 13 unspecified atom stereocenters. The van der Waals surface area contributed by atoms with Gasteiger partial charge in [0.05, 0.1) is 53.8 Å². The molecule has 59 heavy (non-hydrogen) atoms. The van der Waals surface area contributed by atoms with Gasteiger partial charge < -0.3 is 63.6 Å². The number of carbonyl (C=O) groups excluding carboxylic acids is 4. The van der Waals surface area contributed by atoms with E-state index >= 15 is 0 Å². The molecule has 0 aromatic heterocycles. The van der Waals surface area contributed by atoms with Crippen LogP contribution in [0.2, 0.25) is 0 Å². The van der Waals surface area contributed by atoms with Crippen molar-refractivity contribution in [3.8, 4) is 17.2 Å². The summed E-state index contributed by atoms with van der Waals surface area (Å²) in [6, 6.07) is 3.49. The maximum atomic E-state index is 14.0. The Labute approximate surface area is 341 Å². The number of rotatable bonds is 9. The van der Waals surface area contributed by atoms with Crippen LogP contribution in [0.5, 0.6) is 17.2 Å². The second-order valence-electron chi connectivity index (χ2n) is 16.4. The van der Waals surface area contributed by atoms with E-state index in [2.05, 4.69) is 0 Å². The number of aliphatic hydroxyl groups is 2. The van der Waals surface area contributed by atoms with Crippen LogP contribution >= 0.6 is 0 Å². The van der Waals surface area contributed by atoms with Crippen LogP contribution in [0.1, 0.15) is 121 Å². The van der Waals surface area contributed by atoms with Gasteiger partial charge >= 0.3 is 5.97 Å². The number of likely N-dealkylation sites (N-methyl/N-ethyl adjacent to an activating group) is 1. The highest BCUT2D eigenvalue weighted by Gasteiger charge is 2.55. The normalized spacial score (nSPS) is 35.9. The van der Waals surface area contributed by atoms with E-state index in [1.807, 2.05) is 19.0 Å². The van der Waals surface area contributed by atoms with Crippen LogP contribution in [-0.2, 0) is 42.7 Å². The third-order valence-corrected chi connectivity index (χ3v) is 12.5. The number of hydrogen-bond donors (Lipinski definition) is 5. The summed E-state index contributed by atoms with van der Waals surface area (Å²) in [5.74, 6) is -6.43. The first-order valence-electron chi connectivity index (χ1n) is 20.0. The first kappa shape index (κ1) is 43.1. The van der Waals surface area contributed by atoms with Gasteiger partial charge in [0.15, 0.2) is 30.4 Å². The molecule has 13 atom stereocenters. The minimum atomic E-state index is -1.93. The molecule has 0 saturated carbocycles. The zero-order valence-corrected chi connectivity index (χ0v) is 34.1. The molecular weight excluding hydrogens is 774 g/mol. The minimum Gasteiger partial charge on any atom is -0.507 e. The highest BCUT2D eigenvalue weighted by molar-refractivity contribution is 6.31. The number of benzene rings is 2. The van der Waals surface area contributed by atoms with Gasteiger partial charge in [-0.15, -0.1) is 0 Å². The molecule has 17 heteroatoms. The zero-order valence-electron chi connectivity index (χ0n) is 34.1. The lowest BCUT2D eigenvalue weighted by Gasteiger charge is -2.48. The van der Waals surface area contributed by atoms with Gasteiger partial charge in [0.2, 0.25) is 5.78 Å². The third-order valence-electron chi connectivity index (χ3n) is 12.5. The number of nitrogens with zero attached hydrogens (tertiary/aromatic N) is 1. The molecular formula is C42H53NO16. The average Bonchev–Trinajstić information content (AvgIpc) is 3.18. The van der Waals surface area contributed by atoms with Crippen LogP contribution in [0, 0.1) is 0 Å². The van der Waals surface area contributed by atoms with Gasteiger partial charge in [-0.2, -0.15) is 0 Å². The Morgan fingerprint density at radius 2 is 1.47 bits per heavy atom. The van der Waals surface area contributed by atoms with Crippen molar-refractivity contribution in [2.45, 2.75) is 145 Å². The quantitative estimate of drug-likeness (QED) is 0.154. The van der Waals surface area contributed by atoms with Crippen LogP contribution in [0.3, 0.4) is 0 Å². The molecule has 17 nitrogen and oxygen atoms in total. The van der Waals surface area contributed by atoms with E-state index in [0.717, 1.165) is 7.11 Å². The fourth-order valence-electron chi connectivity index (χ4n) is 9.36. The molecule has 3 fully saturated rings. The van der Waals surface area contributed by atoms with Crippen LogP contribution in [-0.4, -0.2) is 142 Å². The summed E-state index contributed by atoms with van der Waals surface area (Å²) in [4.78, 5) is 55.1. The highest BCUT2D eigenvalue weighted by Crippen LogP contribution is 2.57. The van der Waals surface area contributed by atoms with E-state index in [4.69, 9.17) is 33.2 Å². The maximum Gasteiger partial charge on any atom is 0.316 e. The third kappa shape index (κ3) is 7.54. The van der Waals surface area contributed by atoms with Gasteiger partial charge in [-0.05, 0) is 47.4 Å². The van der Waals surface area contributed by atoms with Crippen molar-refractivity contribution in [1.82, 2.24) is 4.90 Å². The van der Waals surface area contributed by atoms with Crippen molar-refractivity contribution in [1.29, 1.82) is 0 Å². The van der Waals surface area contributed by atoms with E-state index in [0.29, 0.717) is 12.8 Å². The lowest BCUT2D eigenvalue weighted by atomic mass is 9.66. The molecule has 3 heterocycles. The first-order valence-corrected chi connectivity index (χ1v) is 20.0. The number of fused-ring (bicyclic) bond motifs is 3. The number of methoxy groups -OCH3 is 1. The molecule has 3 saturated heterocycles. The Kier molecular flexibility index (Phi) is 12.0. The van der Waals surface area contributed by atoms with Gasteiger partial charge in [0.25, 0.3) is 0 Å². The van der Waals surface area contributed by atoms with Gasteiger partial charge in [-0.25, -0.2) is 0 Å². The summed E-state index contributed by atoms with van der Waals surface area (Å²) in [6.45, 7) is 6.82. The van der Waals surface area contributed by atoms with E-state index in [9.17, 15) is 44.7 Å². The maximum absolute atomic E-state index is 14.0. The molecule has 3 aliphatic heterocycles. The highest BCUT2D eigenvalue weighted by atomic mass is 16.7. The van der Waals surface area contributed by atoms with Crippen molar-refractivity contribution in [2.24, 2.45) is 0 Å². The second kappa shape index (κ2) is 16.4. The van der Waals surface area contributed by atoms with Crippen LogP contribution in [0.25, 0.3) is 0 Å². The monoisotopic (exact) mass is 827 g/mol. The second-order valence-corrected chi connectivity index (χ2v) is 16.4. The van der Waals surface area contributed by atoms with Crippen molar-refractivity contribution >= 4 is 23.3 Å². The largest absolute Gasteiger partial charge is 0.507 e. The number of Topliss-reactive ketones (excluding diaryl/α,β-unsaturated/α-hetero) is 1. The Balaban J connectivity index is 1.16. The number of aromatic hydroxyl groups is 3. The number of phenols is 3. The Morgan fingerprint density at radius 3 is 2.10 bits per heavy atom. The molecule has 5 aliphatic rings. The summed E-state index contributed by atoms with van der Waals surface area (Å²) < 4.78 is 42.4. The number of ether oxygens (including phenoxy) is 7. The predicted molar refractivity (Wildman–Crippen MR) is 203 cm³/mol. The predicted octanol–water partition coefficient (Wildman–Crippen LogP) is 2.86. The van der Waals surface area contributed by atoms with Gasteiger partial charge in [-0.3, -0.25) is 19.2 Å². The Hall–Kier alpha value is -4.04. The standard InChI is InChI=1S/C42H53NO16/c1-8-42(52)16-25(30-31(34(42)41(51)53-7)38(50)32-33(37(30)49)36(48)29-20(35(32)47)10-9-11-23(29)45)57-27-14-21(43(5)6)39(18(3)55-27)59-28-15-24(46)40(19(4)56-28)58-26-13-12-22(44)17(2)54-26/h9-11,17-19,21,24-28,34,39-40,45-46,49-50,52H,8,12-16H2,1-7H3. The smallest absolute Gasteiger partial charge is 0.316 e. The Bertz CT molecular complexity index is 1990. The SMILES string of the molecule is CCC1(O)CC(OC2CC(N(C)C)C(OC3CC(O)C(OC4CCC(=O)C(C)O4)C(C)O3)C(C)O2)c2c(O)c3c(c(O)c2C1C(=O)OC)C(=O)c1cccc(O)c1C3=O. The van der Waals surface area contributed by atoms with Crippen LogP contribution in [0.4, 0.5) is 0 Å². The lowest BCUT2D eigenvalue weighted by Crippen LogP contribution is -2.58. The molecule has 2 aliphatic carbocycles. The summed E-state index contributed by atoms with van der Waals surface area (Å²) in [6.07, 6.45) is -7.45. The molecule has 322 valence electrons. The number of hydrogen-bond acceptors (Lipinski definition) is 17. The fourth-order valence-corrected chi connectivity index (χ4v) is 9.36. The van der Waals surface area contributed by atoms with Crippen molar-refractivity contribution in [3.05, 3.63) is 51.6 Å². The molecule has 0 bridgehead atoms. The summed E-state index contributed by atoms with van der Waals surface area (Å²) in [5, 5.41) is 57.8. The van der Waals surface area contributed by atoms with Gasteiger partial charge in [0, 0.05) is 54.8 Å². The van der Waals surface area contributed by atoms with Crippen molar-refractivity contribution in [2.75, 3.05) is 21.2 Å². The molecule has 0 spiro atoms. The van der Waals surface area contributed by atoms with Crippen LogP contribution < -0.4 is 0 Å². The summed E-state index contributed by atoms with van der Waals surface area (Å²) >= 11 is 0. The van der Waals surface area contributed by atoms with Gasteiger partial charge in [-0.1, -0.05) is 19.1 Å². The minimum absolute atomic E-state index is 0.00418. The lowest BCUT2D eigenvalue weighted by molar-refractivity contribution is -0.324. The van der Waals surface area contributed by atoms with E-state index < -0.39 is 119 Å². The van der Waals surface area contributed by atoms with E-state index in [-0.39, 0.29) is 59.8 Å². The van der Waals surface area contributed by atoms with E-state index in [1.165, 1.54) is 18.2 Å². The molecule has 7 rings (SSSR count). The average molecular weight is 828 g/mol. The topological polar surface area (TPSA) is 237 Å². The molecule has 5 N–H and O–H groups in total. The summed E-state index contributed by atoms with van der Waals surface area (Å²) in [7, 11) is 4.78. The van der Waals surface area contributed by atoms with Gasteiger partial charge in [0.1, 0.15) is 41.5 Å². The van der Waals surface area contributed by atoms with Crippen molar-refractivity contribution in [3.63, 3.8) is 0 Å². The fraction of sp³-hybridized carbons (Fsp3) is 0.619. The zero-order chi connectivity index (χ0) is 42.8. The van der Waals surface area contributed by atoms with Crippen molar-refractivity contribution < 1.29 is 77.9 Å². The number of ketones is 3. The number of carbonyl (C=O) groups is 4. The number of esters is 1. The number of aliphatic hydroxyl groups excluding tert-OH is 1. The summed E-state index contributed by atoms with van der Waals surface area (Å²) in [5.41, 5.74) is -4.19. The van der Waals surface area contributed by atoms with E-state index in [1.54, 1.807) is 27.7 Å². The Morgan fingerprint density at radius 1 is 0.847 bits per heavy atom. The number of phenolic OH excluding ortho intramolecular Hbond substituents is 3. The van der Waals surface area contributed by atoms with Crippen LogP contribution in [0.15, 0.2) is 18.2 Å². The molecule has 2 aromatic rings. The molecule has 0 radical (unpaired) electrons. The molecule has 0 amide bonds. The molecule has 2 aromatic carbocycles. The first-order chi connectivity index (χ1) is 27.9.